The molecule has 2 N–H and O–H groups in total. The number of aliphatic hydroxyl groups excluding tert-OH is 1. The molecule has 2 aromatic carbocycles. The molecule has 1 atom stereocenters. The Hall–Kier alpha value is -2.89. The number of nitrogens with zero attached hydrogens (tertiary/aromatic N) is 1. The molecule has 27 heavy (non-hydrogen) atoms. The summed E-state index contributed by atoms with van der Waals surface area (Å²) in [6.07, 6.45) is 2.08. The number of aromatic nitrogens is 1. The average molecular weight is 383 g/mol. The van der Waals surface area contributed by atoms with Crippen LogP contribution in [-0.4, -0.2) is 28.6 Å². The van der Waals surface area contributed by atoms with Crippen molar-refractivity contribution in [2.24, 2.45) is 0 Å². The lowest BCUT2D eigenvalue weighted by Gasteiger charge is -2.17. The highest BCUT2D eigenvalue weighted by Gasteiger charge is 2.18. The van der Waals surface area contributed by atoms with E-state index in [0.717, 1.165) is 5.56 Å². The molecular weight excluding hydrogens is 364 g/mol. The number of carbonyl (C=O) groups is 1. The Balaban J connectivity index is 1.73. The molecule has 0 aliphatic carbocycles. The Kier molecular flexibility index (Phi) is 6.41. The highest BCUT2D eigenvalue weighted by atomic mass is 35.5. The number of hydrogen-bond donors (Lipinski definition) is 2. The predicted molar refractivity (Wildman–Crippen MR) is 104 cm³/mol. The Labute approximate surface area is 162 Å². The third-order valence-corrected chi connectivity index (χ3v) is 4.18. The van der Waals surface area contributed by atoms with Crippen LogP contribution in [0, 0.1) is 0 Å². The van der Waals surface area contributed by atoms with Crippen LogP contribution in [0.2, 0.25) is 5.02 Å². The van der Waals surface area contributed by atoms with E-state index in [4.69, 9.17) is 16.3 Å². The van der Waals surface area contributed by atoms with Gasteiger partial charge in [-0.3, -0.25) is 4.79 Å². The third-order valence-electron chi connectivity index (χ3n) is 3.92. The molecule has 6 heteroatoms. The second kappa shape index (κ2) is 9.16. The molecule has 0 saturated carbocycles. The summed E-state index contributed by atoms with van der Waals surface area (Å²) in [5, 5.41) is 13.1. The quantitative estimate of drug-likeness (QED) is 0.651. The van der Waals surface area contributed by atoms with E-state index in [9.17, 15) is 9.90 Å². The minimum Gasteiger partial charge on any atom is -0.438 e. The maximum atomic E-state index is 12.7. The fourth-order valence-corrected chi connectivity index (χ4v) is 2.71. The number of amides is 1. The van der Waals surface area contributed by atoms with Crippen molar-refractivity contribution in [2.75, 3.05) is 6.61 Å². The van der Waals surface area contributed by atoms with E-state index < -0.39 is 6.04 Å². The van der Waals surface area contributed by atoms with E-state index in [2.05, 4.69) is 10.3 Å². The lowest BCUT2D eigenvalue weighted by molar-refractivity contribution is 0.0913. The Morgan fingerprint density at radius 2 is 1.81 bits per heavy atom. The van der Waals surface area contributed by atoms with E-state index in [1.807, 2.05) is 30.3 Å². The molecule has 138 valence electrons. The van der Waals surface area contributed by atoms with Crippen molar-refractivity contribution < 1.29 is 14.6 Å². The van der Waals surface area contributed by atoms with Crippen molar-refractivity contribution in [3.8, 4) is 11.6 Å². The van der Waals surface area contributed by atoms with Crippen molar-refractivity contribution in [3.05, 3.63) is 89.1 Å². The van der Waals surface area contributed by atoms with Gasteiger partial charge in [0.15, 0.2) is 0 Å². The summed E-state index contributed by atoms with van der Waals surface area (Å²) in [5.74, 6) is 0.353. The largest absolute Gasteiger partial charge is 0.438 e. The van der Waals surface area contributed by atoms with Gasteiger partial charge in [-0.1, -0.05) is 41.9 Å². The molecule has 0 unspecified atom stereocenters. The van der Waals surface area contributed by atoms with Gasteiger partial charge in [0.25, 0.3) is 5.91 Å². The van der Waals surface area contributed by atoms with Gasteiger partial charge in [-0.2, -0.15) is 0 Å². The molecule has 0 spiro atoms. The standard InChI is InChI=1S/C21H19ClN2O3/c22-16-8-10-18(11-9-16)27-21-19(7-4-12-23-21)20(26)24-17(14-25)13-15-5-2-1-3-6-15/h1-12,17,25H,13-14H2,(H,24,26)/t17-/m0/s1. The van der Waals surface area contributed by atoms with Gasteiger partial charge in [-0.15, -0.1) is 0 Å². The minimum atomic E-state index is -0.413. The number of carbonyl (C=O) groups excluding carboxylic acids is 1. The summed E-state index contributed by atoms with van der Waals surface area (Å²) < 4.78 is 5.73. The molecule has 3 aromatic rings. The van der Waals surface area contributed by atoms with E-state index in [0.29, 0.717) is 22.8 Å². The second-order valence-electron chi connectivity index (χ2n) is 5.95. The molecule has 0 aliphatic rings. The van der Waals surface area contributed by atoms with Crippen LogP contribution in [0.25, 0.3) is 0 Å². The first-order valence-corrected chi connectivity index (χ1v) is 8.87. The summed E-state index contributed by atoms with van der Waals surface area (Å²) >= 11 is 5.88. The minimum absolute atomic E-state index is 0.172. The molecule has 0 fully saturated rings. The van der Waals surface area contributed by atoms with Gasteiger partial charge < -0.3 is 15.2 Å². The number of pyridine rings is 1. The molecule has 3 rings (SSSR count). The van der Waals surface area contributed by atoms with Crippen molar-refractivity contribution in [1.82, 2.24) is 10.3 Å². The van der Waals surface area contributed by atoms with Crippen molar-refractivity contribution in [2.45, 2.75) is 12.5 Å². The van der Waals surface area contributed by atoms with Crippen LogP contribution in [0.4, 0.5) is 0 Å². The van der Waals surface area contributed by atoms with Crippen LogP contribution >= 0.6 is 11.6 Å². The zero-order chi connectivity index (χ0) is 19.1. The van der Waals surface area contributed by atoms with Gasteiger partial charge in [-0.05, 0) is 48.4 Å². The van der Waals surface area contributed by atoms with E-state index in [1.54, 1.807) is 42.6 Å². The molecule has 1 heterocycles. The summed E-state index contributed by atoms with van der Waals surface area (Å²) in [4.78, 5) is 16.9. The molecule has 0 bridgehead atoms. The van der Waals surface area contributed by atoms with Crippen LogP contribution in [0.5, 0.6) is 11.6 Å². The molecule has 5 nitrogen and oxygen atoms in total. The number of benzene rings is 2. The predicted octanol–water partition coefficient (Wildman–Crippen LogP) is 3.86. The molecule has 1 amide bonds. The monoisotopic (exact) mass is 382 g/mol. The maximum Gasteiger partial charge on any atom is 0.257 e. The first-order valence-electron chi connectivity index (χ1n) is 8.50. The smallest absolute Gasteiger partial charge is 0.257 e. The first kappa shape index (κ1) is 18.9. The zero-order valence-electron chi connectivity index (χ0n) is 14.5. The van der Waals surface area contributed by atoms with Gasteiger partial charge >= 0.3 is 0 Å². The normalized spacial score (nSPS) is 11.6. The average Bonchev–Trinajstić information content (AvgIpc) is 2.70. The number of aliphatic hydroxyl groups is 1. The van der Waals surface area contributed by atoms with Crippen LogP contribution < -0.4 is 10.1 Å². The number of halogens is 1. The second-order valence-corrected chi connectivity index (χ2v) is 6.39. The summed E-state index contributed by atoms with van der Waals surface area (Å²) in [6.45, 7) is -0.172. The highest BCUT2D eigenvalue weighted by Crippen LogP contribution is 2.24. The SMILES string of the molecule is O=C(N[C@H](CO)Cc1ccccc1)c1cccnc1Oc1ccc(Cl)cc1. The van der Waals surface area contributed by atoms with Gasteiger partial charge in [0, 0.05) is 11.2 Å². The maximum absolute atomic E-state index is 12.7. The van der Waals surface area contributed by atoms with Crippen molar-refractivity contribution >= 4 is 17.5 Å². The van der Waals surface area contributed by atoms with Crippen LogP contribution in [-0.2, 0) is 6.42 Å². The Bertz CT molecular complexity index is 885. The van der Waals surface area contributed by atoms with Gasteiger partial charge in [0.05, 0.1) is 12.6 Å². The third kappa shape index (κ3) is 5.29. The lowest BCUT2D eigenvalue weighted by Crippen LogP contribution is -2.39. The molecule has 1 aromatic heterocycles. The molecular formula is C21H19ClN2O3. The zero-order valence-corrected chi connectivity index (χ0v) is 15.3. The number of nitrogens with one attached hydrogen (secondary N) is 1. The van der Waals surface area contributed by atoms with Crippen LogP contribution in [0.1, 0.15) is 15.9 Å². The number of hydrogen-bond acceptors (Lipinski definition) is 4. The summed E-state index contributed by atoms with van der Waals surface area (Å²) in [6, 6.07) is 19.3. The number of ether oxygens (including phenoxy) is 1. The van der Waals surface area contributed by atoms with Crippen LogP contribution in [0.3, 0.4) is 0 Å². The van der Waals surface area contributed by atoms with E-state index >= 15 is 0 Å². The van der Waals surface area contributed by atoms with E-state index in [-0.39, 0.29) is 18.4 Å². The van der Waals surface area contributed by atoms with Gasteiger partial charge in [0.1, 0.15) is 11.3 Å². The topological polar surface area (TPSA) is 71.5 Å². The van der Waals surface area contributed by atoms with Gasteiger partial charge in [-0.25, -0.2) is 4.98 Å². The van der Waals surface area contributed by atoms with Crippen molar-refractivity contribution in [1.29, 1.82) is 0 Å². The fraction of sp³-hybridized carbons (Fsp3) is 0.143. The van der Waals surface area contributed by atoms with Gasteiger partial charge in [0.2, 0.25) is 5.88 Å². The fourth-order valence-electron chi connectivity index (χ4n) is 2.58. The van der Waals surface area contributed by atoms with Crippen LogP contribution in [0.15, 0.2) is 72.9 Å². The lowest BCUT2D eigenvalue weighted by atomic mass is 10.1. The first-order chi connectivity index (χ1) is 13.2. The summed E-state index contributed by atoms with van der Waals surface area (Å²) in [7, 11) is 0. The molecule has 0 saturated heterocycles. The Morgan fingerprint density at radius 3 is 2.52 bits per heavy atom. The van der Waals surface area contributed by atoms with Crippen molar-refractivity contribution in [3.63, 3.8) is 0 Å². The molecule has 0 aliphatic heterocycles. The Morgan fingerprint density at radius 1 is 1.07 bits per heavy atom. The number of rotatable bonds is 7. The van der Waals surface area contributed by atoms with E-state index in [1.165, 1.54) is 0 Å². The summed E-state index contributed by atoms with van der Waals surface area (Å²) in [5.41, 5.74) is 1.32. The highest BCUT2D eigenvalue weighted by molar-refractivity contribution is 6.30. The molecule has 0 radical (unpaired) electrons.